The zero-order chi connectivity index (χ0) is 22.5. The van der Waals surface area contributed by atoms with Crippen LogP contribution in [0.2, 0.25) is 0 Å². The van der Waals surface area contributed by atoms with E-state index < -0.39 is 14.6 Å². The summed E-state index contributed by atoms with van der Waals surface area (Å²) in [6.45, 7) is 5.79. The van der Waals surface area contributed by atoms with Crippen LogP contribution in [0.15, 0.2) is 18.2 Å². The first-order valence-corrected chi connectivity index (χ1v) is 12.7. The van der Waals surface area contributed by atoms with E-state index >= 15 is 0 Å². The highest BCUT2D eigenvalue weighted by molar-refractivity contribution is 7.92. The smallest absolute Gasteiger partial charge is 0.213 e. The number of fused-ring (bicyclic) bond motifs is 1. The number of nitrogens with zero attached hydrogens (tertiary/aromatic N) is 4. The SMILES string of the molecule is COc1cc(-c2nc(N3CCOC[C@H]3C)cc([C@]3(C)CCCS3(=O)=O)n2)c2c(n1)CC=C2. The standard InChI is InChI=1S/C23H28N4O4S/c1-15-14-31-10-9-27(15)20-13-19(23(2)8-5-11-32(23,28)29)25-22(26-20)17-12-21(30-3)24-18-7-4-6-16(17)18/h4,6,12-13,15H,5,7-11,14H2,1-3H3/t15-,23+/m1/s1. The lowest BCUT2D eigenvalue weighted by molar-refractivity contribution is 0.0985. The molecule has 9 heteroatoms. The fourth-order valence-electron chi connectivity index (χ4n) is 4.81. The van der Waals surface area contributed by atoms with Crippen LogP contribution >= 0.6 is 0 Å². The minimum Gasteiger partial charge on any atom is -0.481 e. The summed E-state index contributed by atoms with van der Waals surface area (Å²) in [5.74, 6) is 1.92. The van der Waals surface area contributed by atoms with Crippen molar-refractivity contribution in [1.29, 1.82) is 0 Å². The quantitative estimate of drug-likeness (QED) is 0.693. The summed E-state index contributed by atoms with van der Waals surface area (Å²) in [5, 5.41) is 0. The number of allylic oxidation sites excluding steroid dienone is 1. The number of rotatable bonds is 4. The normalized spacial score (nSPS) is 26.3. The van der Waals surface area contributed by atoms with Crippen molar-refractivity contribution < 1.29 is 17.9 Å². The van der Waals surface area contributed by atoms with Gasteiger partial charge in [-0.05, 0) is 26.7 Å². The second-order valence-corrected chi connectivity index (χ2v) is 11.4. The van der Waals surface area contributed by atoms with Gasteiger partial charge >= 0.3 is 0 Å². The second kappa shape index (κ2) is 7.81. The van der Waals surface area contributed by atoms with Crippen molar-refractivity contribution in [3.8, 4) is 17.3 Å². The highest BCUT2D eigenvalue weighted by Crippen LogP contribution is 2.42. The maximum absolute atomic E-state index is 13.0. The van der Waals surface area contributed by atoms with Crippen molar-refractivity contribution in [2.24, 2.45) is 0 Å². The molecule has 0 saturated carbocycles. The number of methoxy groups -OCH3 is 1. The van der Waals surface area contributed by atoms with E-state index in [1.165, 1.54) is 0 Å². The van der Waals surface area contributed by atoms with Crippen LogP contribution in [0.3, 0.4) is 0 Å². The third-order valence-electron chi connectivity index (χ3n) is 6.83. The van der Waals surface area contributed by atoms with E-state index in [1.807, 2.05) is 18.2 Å². The van der Waals surface area contributed by atoms with E-state index in [9.17, 15) is 8.42 Å². The number of anilines is 1. The first-order chi connectivity index (χ1) is 15.3. The van der Waals surface area contributed by atoms with Gasteiger partial charge in [0.1, 0.15) is 10.6 Å². The summed E-state index contributed by atoms with van der Waals surface area (Å²) >= 11 is 0. The highest BCUT2D eigenvalue weighted by Gasteiger charge is 2.47. The van der Waals surface area contributed by atoms with E-state index in [0.29, 0.717) is 50.0 Å². The number of pyridine rings is 1. The number of aromatic nitrogens is 3. The van der Waals surface area contributed by atoms with Gasteiger partial charge < -0.3 is 14.4 Å². The number of morpholine rings is 1. The molecule has 0 amide bonds. The summed E-state index contributed by atoms with van der Waals surface area (Å²) in [6, 6.07) is 3.83. The van der Waals surface area contributed by atoms with Crippen LogP contribution in [-0.4, -0.2) is 62.0 Å². The van der Waals surface area contributed by atoms with Gasteiger partial charge in [0.15, 0.2) is 15.7 Å². The largest absolute Gasteiger partial charge is 0.481 e. The molecule has 1 aliphatic carbocycles. The van der Waals surface area contributed by atoms with Gasteiger partial charge in [0.25, 0.3) is 0 Å². The van der Waals surface area contributed by atoms with Crippen molar-refractivity contribution in [3.05, 3.63) is 35.2 Å². The van der Waals surface area contributed by atoms with Gasteiger partial charge in [-0.1, -0.05) is 12.2 Å². The Balaban J connectivity index is 1.73. The van der Waals surface area contributed by atoms with Crippen LogP contribution in [0.4, 0.5) is 5.82 Å². The van der Waals surface area contributed by atoms with Crippen LogP contribution < -0.4 is 9.64 Å². The predicted octanol–water partition coefficient (Wildman–Crippen LogP) is 2.77. The molecule has 2 aromatic rings. The van der Waals surface area contributed by atoms with Gasteiger partial charge in [-0.25, -0.2) is 23.4 Å². The minimum atomic E-state index is -3.31. The summed E-state index contributed by atoms with van der Waals surface area (Å²) in [6.07, 6.45) is 6.00. The Morgan fingerprint density at radius 3 is 2.81 bits per heavy atom. The van der Waals surface area contributed by atoms with Crippen LogP contribution in [0.1, 0.15) is 43.6 Å². The molecule has 3 aliphatic rings. The van der Waals surface area contributed by atoms with Crippen molar-refractivity contribution in [2.75, 3.05) is 37.5 Å². The topological polar surface area (TPSA) is 94.5 Å². The maximum Gasteiger partial charge on any atom is 0.213 e. The van der Waals surface area contributed by atoms with Crippen molar-refractivity contribution in [1.82, 2.24) is 15.0 Å². The molecule has 2 saturated heterocycles. The Hall–Kier alpha value is -2.52. The Labute approximate surface area is 188 Å². The molecular formula is C23H28N4O4S. The van der Waals surface area contributed by atoms with Crippen molar-refractivity contribution in [3.63, 3.8) is 0 Å². The molecule has 5 rings (SSSR count). The third-order valence-corrected chi connectivity index (χ3v) is 9.44. The molecule has 0 spiro atoms. The third kappa shape index (κ3) is 3.38. The molecule has 32 heavy (non-hydrogen) atoms. The van der Waals surface area contributed by atoms with E-state index in [-0.39, 0.29) is 11.8 Å². The molecule has 0 radical (unpaired) electrons. The zero-order valence-electron chi connectivity index (χ0n) is 18.7. The van der Waals surface area contributed by atoms with Gasteiger partial charge in [-0.15, -0.1) is 0 Å². The van der Waals surface area contributed by atoms with Crippen LogP contribution in [0.25, 0.3) is 17.5 Å². The van der Waals surface area contributed by atoms with Crippen molar-refractivity contribution >= 4 is 21.7 Å². The van der Waals surface area contributed by atoms with E-state index in [4.69, 9.17) is 19.4 Å². The Morgan fingerprint density at radius 2 is 2.09 bits per heavy atom. The fraction of sp³-hybridized carbons (Fsp3) is 0.522. The Bertz CT molecular complexity index is 1200. The molecule has 0 bridgehead atoms. The number of hydrogen-bond donors (Lipinski definition) is 0. The van der Waals surface area contributed by atoms with Crippen LogP contribution in [0, 0.1) is 0 Å². The molecule has 4 heterocycles. The Morgan fingerprint density at radius 1 is 1.25 bits per heavy atom. The van der Waals surface area contributed by atoms with Crippen LogP contribution in [0.5, 0.6) is 5.88 Å². The molecular weight excluding hydrogens is 428 g/mol. The van der Waals surface area contributed by atoms with Crippen LogP contribution in [-0.2, 0) is 25.7 Å². The molecule has 0 aromatic carbocycles. The van der Waals surface area contributed by atoms with E-state index in [1.54, 1.807) is 14.0 Å². The monoisotopic (exact) mass is 456 g/mol. The second-order valence-electron chi connectivity index (χ2n) is 8.88. The first kappa shape index (κ1) is 21.3. The summed E-state index contributed by atoms with van der Waals surface area (Å²) < 4.78 is 36.1. The van der Waals surface area contributed by atoms with Crippen molar-refractivity contribution in [2.45, 2.75) is 43.9 Å². The molecule has 170 valence electrons. The van der Waals surface area contributed by atoms with Gasteiger partial charge in [0.05, 0.1) is 43.5 Å². The first-order valence-electron chi connectivity index (χ1n) is 11.0. The fourth-order valence-corrected chi connectivity index (χ4v) is 6.66. The van der Waals surface area contributed by atoms with Gasteiger partial charge in [-0.2, -0.15) is 0 Å². The highest BCUT2D eigenvalue weighted by atomic mass is 32.2. The Kier molecular flexibility index (Phi) is 5.21. The van der Waals surface area contributed by atoms with Gasteiger partial charge in [0.2, 0.25) is 5.88 Å². The predicted molar refractivity (Wildman–Crippen MR) is 123 cm³/mol. The van der Waals surface area contributed by atoms with E-state index in [0.717, 1.165) is 29.1 Å². The molecule has 2 aromatic heterocycles. The minimum absolute atomic E-state index is 0.130. The lowest BCUT2D eigenvalue weighted by atomic mass is 10.00. The van der Waals surface area contributed by atoms with Gasteiger partial charge in [-0.3, -0.25) is 0 Å². The summed E-state index contributed by atoms with van der Waals surface area (Å²) in [5.41, 5.74) is 3.24. The molecule has 2 fully saturated rings. The molecule has 0 N–H and O–H groups in total. The van der Waals surface area contributed by atoms with Gasteiger partial charge in [0, 0.05) is 36.2 Å². The molecule has 0 unspecified atom stereocenters. The lowest BCUT2D eigenvalue weighted by Gasteiger charge is -2.35. The lowest BCUT2D eigenvalue weighted by Crippen LogP contribution is -2.44. The summed E-state index contributed by atoms with van der Waals surface area (Å²) in [4.78, 5) is 16.5. The maximum atomic E-state index is 13.0. The number of ether oxygens (including phenoxy) is 2. The molecule has 8 nitrogen and oxygen atoms in total. The number of hydrogen-bond acceptors (Lipinski definition) is 8. The molecule has 2 aliphatic heterocycles. The molecule has 2 atom stereocenters. The summed E-state index contributed by atoms with van der Waals surface area (Å²) in [7, 11) is -1.72. The average molecular weight is 457 g/mol. The zero-order valence-corrected chi connectivity index (χ0v) is 19.5. The van der Waals surface area contributed by atoms with E-state index in [2.05, 4.69) is 22.9 Å². The number of sulfone groups is 1. The average Bonchev–Trinajstić information content (AvgIpc) is 3.37.